The van der Waals surface area contributed by atoms with E-state index in [1.807, 2.05) is 0 Å². The van der Waals surface area contributed by atoms with Gasteiger partial charge in [-0.2, -0.15) is 0 Å². The maximum atomic E-state index is 12.4. The first-order valence-corrected chi connectivity index (χ1v) is 3.04. The van der Waals surface area contributed by atoms with Gasteiger partial charge in [0.05, 0.1) is 11.0 Å². The number of rotatable bonds is 1. The quantitative estimate of drug-likeness (QED) is 0.467. The van der Waals surface area contributed by atoms with Crippen molar-refractivity contribution in [2.45, 2.75) is 12.8 Å². The molecule has 0 heterocycles. The minimum absolute atomic E-state index is 0.0125. The van der Waals surface area contributed by atoms with Crippen LogP contribution in [0.2, 0.25) is 0 Å². The summed E-state index contributed by atoms with van der Waals surface area (Å²) in [7, 11) is 0. The molecule has 0 bridgehead atoms. The van der Waals surface area contributed by atoms with E-state index in [-0.39, 0.29) is 18.6 Å². The van der Waals surface area contributed by atoms with Crippen LogP contribution in [0.15, 0.2) is 23.4 Å². The molecule has 0 radical (unpaired) electrons. The van der Waals surface area contributed by atoms with E-state index in [4.69, 9.17) is 5.11 Å². The molecule has 0 aromatic carbocycles. The Morgan fingerprint density at radius 1 is 1.64 bits per heavy atom. The zero-order chi connectivity index (χ0) is 8.43. The molecule has 0 unspecified atom stereocenters. The number of hydrogen-bond donors (Lipinski definition) is 1. The lowest BCUT2D eigenvalue weighted by Crippen LogP contribution is -2.05. The van der Waals surface area contributed by atoms with E-state index in [9.17, 15) is 14.5 Å². The Morgan fingerprint density at radius 2 is 2.27 bits per heavy atom. The molecule has 0 aromatic rings. The standard InChI is InChI=1S/C6H6FNO3/c7-4-1-2-6(9)5(3-4)8(10)11/h3,9H,1-2H2. The molecule has 1 rings (SSSR count). The molecule has 5 heteroatoms. The van der Waals surface area contributed by atoms with E-state index in [1.54, 1.807) is 0 Å². The van der Waals surface area contributed by atoms with Crippen molar-refractivity contribution in [1.29, 1.82) is 0 Å². The van der Waals surface area contributed by atoms with Crippen LogP contribution in [-0.4, -0.2) is 10.0 Å². The fourth-order valence-corrected chi connectivity index (χ4v) is 0.828. The van der Waals surface area contributed by atoms with Gasteiger partial charge in [-0.05, 0) is 0 Å². The van der Waals surface area contributed by atoms with E-state index in [2.05, 4.69) is 0 Å². The second-order valence-corrected chi connectivity index (χ2v) is 2.18. The molecular weight excluding hydrogens is 153 g/mol. The first kappa shape index (κ1) is 7.71. The zero-order valence-corrected chi connectivity index (χ0v) is 5.58. The van der Waals surface area contributed by atoms with Crippen molar-refractivity contribution >= 4 is 0 Å². The molecule has 0 saturated carbocycles. The van der Waals surface area contributed by atoms with Gasteiger partial charge in [-0.3, -0.25) is 10.1 Å². The van der Waals surface area contributed by atoms with Gasteiger partial charge in [-0.15, -0.1) is 0 Å². The van der Waals surface area contributed by atoms with Crippen LogP contribution in [0.3, 0.4) is 0 Å². The predicted molar refractivity (Wildman–Crippen MR) is 35.1 cm³/mol. The smallest absolute Gasteiger partial charge is 0.308 e. The number of nitrogens with zero attached hydrogens (tertiary/aromatic N) is 1. The third-order valence-corrected chi connectivity index (χ3v) is 1.39. The van der Waals surface area contributed by atoms with Gasteiger partial charge in [-0.25, -0.2) is 4.39 Å². The average Bonchev–Trinajstić information content (AvgIpc) is 1.94. The molecule has 60 valence electrons. The first-order chi connectivity index (χ1) is 5.11. The molecule has 11 heavy (non-hydrogen) atoms. The SMILES string of the molecule is O=[N+]([O-])C1=C(O)CCC(F)=C1. The Labute approximate surface area is 61.8 Å². The fourth-order valence-electron chi connectivity index (χ4n) is 0.828. The second-order valence-electron chi connectivity index (χ2n) is 2.18. The Bertz CT molecular complexity index is 257. The van der Waals surface area contributed by atoms with Crippen LogP contribution in [0.25, 0.3) is 0 Å². The summed E-state index contributed by atoms with van der Waals surface area (Å²) in [6.45, 7) is 0. The van der Waals surface area contributed by atoms with Crippen molar-refractivity contribution in [3.05, 3.63) is 33.5 Å². The number of aliphatic hydroxyl groups excluding tert-OH is 1. The van der Waals surface area contributed by atoms with E-state index in [0.717, 1.165) is 6.08 Å². The predicted octanol–water partition coefficient (Wildman–Crippen LogP) is 1.68. The maximum Gasteiger partial charge on any atom is 0.308 e. The molecule has 1 aliphatic rings. The van der Waals surface area contributed by atoms with Crippen LogP contribution in [0, 0.1) is 10.1 Å². The number of halogens is 1. The lowest BCUT2D eigenvalue weighted by Gasteiger charge is -2.04. The van der Waals surface area contributed by atoms with Gasteiger partial charge < -0.3 is 5.11 Å². The minimum atomic E-state index is -0.798. The highest BCUT2D eigenvalue weighted by Gasteiger charge is 2.21. The summed E-state index contributed by atoms with van der Waals surface area (Å²) in [5, 5.41) is 19.0. The van der Waals surface area contributed by atoms with Gasteiger partial charge in [0.15, 0.2) is 5.76 Å². The van der Waals surface area contributed by atoms with Crippen molar-refractivity contribution in [2.24, 2.45) is 0 Å². The highest BCUT2D eigenvalue weighted by Crippen LogP contribution is 2.22. The lowest BCUT2D eigenvalue weighted by molar-refractivity contribution is -0.422. The Hall–Kier alpha value is -1.39. The summed E-state index contributed by atoms with van der Waals surface area (Å²) in [5.41, 5.74) is -0.534. The highest BCUT2D eigenvalue weighted by molar-refractivity contribution is 5.22. The molecule has 1 N–H and O–H groups in total. The maximum absolute atomic E-state index is 12.4. The summed E-state index contributed by atoms with van der Waals surface area (Å²) < 4.78 is 12.4. The third-order valence-electron chi connectivity index (χ3n) is 1.39. The molecule has 0 atom stereocenters. The Morgan fingerprint density at radius 3 is 2.73 bits per heavy atom. The number of nitro groups is 1. The molecule has 0 amide bonds. The molecule has 0 saturated heterocycles. The lowest BCUT2D eigenvalue weighted by atomic mass is 10.1. The van der Waals surface area contributed by atoms with Gasteiger partial charge in [-0.1, -0.05) is 0 Å². The Balaban J connectivity index is 2.98. The molecule has 4 nitrogen and oxygen atoms in total. The minimum Gasteiger partial charge on any atom is -0.506 e. The second kappa shape index (κ2) is 2.69. The van der Waals surface area contributed by atoms with Gasteiger partial charge in [0.2, 0.25) is 0 Å². The fraction of sp³-hybridized carbons (Fsp3) is 0.333. The molecular formula is C6H6FNO3. The van der Waals surface area contributed by atoms with Crippen LogP contribution in [0.4, 0.5) is 4.39 Å². The number of hydrogen-bond acceptors (Lipinski definition) is 3. The van der Waals surface area contributed by atoms with Crippen molar-refractivity contribution in [3.8, 4) is 0 Å². The summed E-state index contributed by atoms with van der Waals surface area (Å²) in [6.07, 6.45) is 0.806. The first-order valence-electron chi connectivity index (χ1n) is 3.04. The van der Waals surface area contributed by atoms with Crippen molar-refractivity contribution in [2.75, 3.05) is 0 Å². The molecule has 0 aliphatic heterocycles. The Kier molecular flexibility index (Phi) is 1.89. The van der Waals surface area contributed by atoms with Crippen molar-refractivity contribution in [3.63, 3.8) is 0 Å². The largest absolute Gasteiger partial charge is 0.506 e. The third kappa shape index (κ3) is 1.54. The van der Waals surface area contributed by atoms with Crippen LogP contribution in [0.1, 0.15) is 12.8 Å². The summed E-state index contributed by atoms with van der Waals surface area (Å²) >= 11 is 0. The molecule has 0 fully saturated rings. The average molecular weight is 159 g/mol. The summed E-state index contributed by atoms with van der Waals surface area (Å²) in [6, 6.07) is 0. The number of aliphatic hydroxyl groups is 1. The normalized spacial score (nSPS) is 18.1. The van der Waals surface area contributed by atoms with E-state index < -0.39 is 16.4 Å². The zero-order valence-electron chi connectivity index (χ0n) is 5.58. The van der Waals surface area contributed by atoms with Crippen LogP contribution < -0.4 is 0 Å². The van der Waals surface area contributed by atoms with Crippen LogP contribution in [0.5, 0.6) is 0 Å². The van der Waals surface area contributed by atoms with Crippen LogP contribution >= 0.6 is 0 Å². The van der Waals surface area contributed by atoms with Crippen molar-refractivity contribution < 1.29 is 14.4 Å². The van der Waals surface area contributed by atoms with Crippen LogP contribution in [-0.2, 0) is 0 Å². The van der Waals surface area contributed by atoms with E-state index in [1.165, 1.54) is 0 Å². The topological polar surface area (TPSA) is 63.4 Å². The van der Waals surface area contributed by atoms with Gasteiger partial charge >= 0.3 is 5.70 Å². The molecule has 1 aliphatic carbocycles. The van der Waals surface area contributed by atoms with Crippen molar-refractivity contribution in [1.82, 2.24) is 0 Å². The summed E-state index contributed by atoms with van der Waals surface area (Å²) in [5.74, 6) is -0.911. The van der Waals surface area contributed by atoms with E-state index >= 15 is 0 Å². The molecule has 0 aromatic heterocycles. The monoisotopic (exact) mass is 159 g/mol. The van der Waals surface area contributed by atoms with Gasteiger partial charge in [0, 0.05) is 12.8 Å². The summed E-state index contributed by atoms with van der Waals surface area (Å²) in [4.78, 5) is 9.29. The highest BCUT2D eigenvalue weighted by atomic mass is 19.1. The van der Waals surface area contributed by atoms with E-state index in [0.29, 0.717) is 0 Å². The van der Waals surface area contributed by atoms with Gasteiger partial charge in [0.1, 0.15) is 5.83 Å². The number of allylic oxidation sites excluding steroid dienone is 3. The van der Waals surface area contributed by atoms with Gasteiger partial charge in [0.25, 0.3) is 0 Å². The molecule has 0 spiro atoms.